The summed E-state index contributed by atoms with van der Waals surface area (Å²) in [6.45, 7) is 10.3. The largest absolute Gasteiger partial charge is 0.493 e. The monoisotopic (exact) mass is 572 g/mol. The Morgan fingerprint density at radius 1 is 0.833 bits per heavy atom. The summed E-state index contributed by atoms with van der Waals surface area (Å²) < 4.78 is 23.2. The second-order valence-electron chi connectivity index (χ2n) is 12.0. The Bertz CT molecular complexity index is 1510. The predicted octanol–water partition coefficient (Wildman–Crippen LogP) is 4.99. The number of methoxy groups -OCH3 is 2. The van der Waals surface area contributed by atoms with E-state index in [0.717, 1.165) is 18.4 Å². The lowest BCUT2D eigenvalue weighted by Crippen LogP contribution is -2.36. The molecule has 2 unspecified atom stereocenters. The van der Waals surface area contributed by atoms with Crippen molar-refractivity contribution in [2.45, 2.75) is 45.2 Å². The van der Waals surface area contributed by atoms with E-state index in [-0.39, 0.29) is 29.3 Å². The van der Waals surface area contributed by atoms with E-state index < -0.39 is 0 Å². The van der Waals surface area contributed by atoms with Crippen molar-refractivity contribution in [3.8, 4) is 23.0 Å². The average molecular weight is 573 g/mol. The highest BCUT2D eigenvalue weighted by Gasteiger charge is 2.41. The highest BCUT2D eigenvalue weighted by Crippen LogP contribution is 2.42. The third-order valence-electron chi connectivity index (χ3n) is 8.17. The van der Waals surface area contributed by atoms with Crippen molar-refractivity contribution in [3.05, 3.63) is 47.5 Å². The molecule has 0 radical (unpaired) electrons. The van der Waals surface area contributed by atoms with Crippen molar-refractivity contribution in [2.24, 2.45) is 15.4 Å². The molecule has 2 fully saturated rings. The molecule has 4 aliphatic rings. The van der Waals surface area contributed by atoms with Crippen molar-refractivity contribution < 1.29 is 28.5 Å². The zero-order valence-corrected chi connectivity index (χ0v) is 24.5. The number of nitrogens with zero attached hydrogens (tertiary/aromatic N) is 4. The van der Waals surface area contributed by atoms with Gasteiger partial charge in [0, 0.05) is 44.1 Å². The minimum atomic E-state index is -0.0885. The van der Waals surface area contributed by atoms with Crippen LogP contribution in [0.5, 0.6) is 23.0 Å². The Hall–Kier alpha value is -4.34. The van der Waals surface area contributed by atoms with E-state index in [2.05, 4.69) is 30.4 Å². The third-order valence-corrected chi connectivity index (χ3v) is 8.17. The van der Waals surface area contributed by atoms with Crippen molar-refractivity contribution in [1.29, 1.82) is 0 Å². The Morgan fingerprint density at radius 2 is 1.38 bits per heavy atom. The Kier molecular flexibility index (Phi) is 7.16. The van der Waals surface area contributed by atoms with Crippen LogP contribution >= 0.6 is 0 Å². The number of hydrogen-bond donors (Lipinski definition) is 0. The molecule has 42 heavy (non-hydrogen) atoms. The lowest BCUT2D eigenvalue weighted by atomic mass is 9.91. The maximum Gasteiger partial charge on any atom is 0.257 e. The molecule has 220 valence electrons. The smallest absolute Gasteiger partial charge is 0.257 e. The summed E-state index contributed by atoms with van der Waals surface area (Å²) in [6, 6.07) is 6.83. The number of hydrogen-bond acceptors (Lipinski definition) is 8. The molecule has 2 aromatic carbocycles. The van der Waals surface area contributed by atoms with E-state index in [1.54, 1.807) is 43.4 Å². The van der Waals surface area contributed by atoms with Crippen molar-refractivity contribution >= 4 is 35.6 Å². The van der Waals surface area contributed by atoms with Crippen LogP contribution in [0.2, 0.25) is 0 Å². The second-order valence-corrected chi connectivity index (χ2v) is 12.0. The molecule has 10 heteroatoms. The summed E-state index contributed by atoms with van der Waals surface area (Å²) in [5.74, 6) is 1.84. The predicted molar refractivity (Wildman–Crippen MR) is 160 cm³/mol. The Balaban J connectivity index is 1.11. The van der Waals surface area contributed by atoms with E-state index in [1.165, 1.54) is 0 Å². The number of amides is 2. The summed E-state index contributed by atoms with van der Waals surface area (Å²) >= 11 is 0. The standard InChI is InChI=1S/C32H36N4O6/c1-19-9-20-15-33-24-12-28(26(39-4)10-22(24)30(37)35(20)17-19)41-7-6-8-42-29-13-25-23(11-27(29)40-5)31(38)36-18-32(2,3)14-21(36)16-34-25/h10-13,15-16,20-21H,1,6-9,14,17-18H2,2-5H3. The van der Waals surface area contributed by atoms with Crippen LogP contribution in [0, 0.1) is 5.41 Å². The molecule has 2 amide bonds. The highest BCUT2D eigenvalue weighted by molar-refractivity contribution is 6.04. The van der Waals surface area contributed by atoms with E-state index in [9.17, 15) is 9.59 Å². The molecule has 2 aromatic rings. The first-order valence-electron chi connectivity index (χ1n) is 14.2. The van der Waals surface area contributed by atoms with Gasteiger partial charge < -0.3 is 28.7 Å². The van der Waals surface area contributed by atoms with Crippen molar-refractivity contribution in [1.82, 2.24) is 9.80 Å². The van der Waals surface area contributed by atoms with Crippen molar-refractivity contribution in [3.63, 3.8) is 0 Å². The van der Waals surface area contributed by atoms with Gasteiger partial charge in [0.1, 0.15) is 0 Å². The van der Waals surface area contributed by atoms with Crippen molar-refractivity contribution in [2.75, 3.05) is 40.5 Å². The molecular weight excluding hydrogens is 536 g/mol. The van der Waals surface area contributed by atoms with E-state index in [4.69, 9.17) is 18.9 Å². The van der Waals surface area contributed by atoms with Gasteiger partial charge in [0.15, 0.2) is 23.0 Å². The normalized spacial score (nSPS) is 21.8. The van der Waals surface area contributed by atoms with Crippen LogP contribution in [0.3, 0.4) is 0 Å². The van der Waals surface area contributed by atoms with Crippen LogP contribution in [0.1, 0.15) is 53.8 Å². The molecule has 0 saturated carbocycles. The molecular formula is C32H36N4O6. The average Bonchev–Trinajstić information content (AvgIpc) is 3.43. The summed E-state index contributed by atoms with van der Waals surface area (Å²) in [6.07, 6.45) is 5.84. The molecule has 10 nitrogen and oxygen atoms in total. The van der Waals surface area contributed by atoms with Gasteiger partial charge in [0.25, 0.3) is 11.8 Å². The zero-order valence-electron chi connectivity index (χ0n) is 24.5. The van der Waals surface area contributed by atoms with E-state index in [0.29, 0.717) is 78.2 Å². The highest BCUT2D eigenvalue weighted by atomic mass is 16.5. The maximum atomic E-state index is 13.4. The van der Waals surface area contributed by atoms with Crippen LogP contribution in [0.4, 0.5) is 11.4 Å². The minimum Gasteiger partial charge on any atom is -0.493 e. The van der Waals surface area contributed by atoms with Crippen LogP contribution < -0.4 is 18.9 Å². The summed E-state index contributed by atoms with van der Waals surface area (Å²) in [4.78, 5) is 39.5. The van der Waals surface area contributed by atoms with Crippen LogP contribution in [0.25, 0.3) is 0 Å². The molecule has 0 bridgehead atoms. The Labute approximate surface area is 245 Å². The SMILES string of the molecule is C=C1CC2C=Nc3cc(OCCCOc4cc5c(cc4OC)C(=O)N4CC(C)(C)CC4C=N5)c(OC)cc3C(=O)N2C1. The van der Waals surface area contributed by atoms with Crippen LogP contribution in [-0.2, 0) is 0 Å². The number of carbonyl (C=O) groups is 2. The first kappa shape index (κ1) is 27.8. The number of ether oxygens (including phenoxy) is 4. The minimum absolute atomic E-state index is 0.0154. The van der Waals surface area contributed by atoms with Gasteiger partial charge in [-0.25, -0.2) is 0 Å². The molecule has 2 saturated heterocycles. The van der Waals surface area contributed by atoms with E-state index >= 15 is 0 Å². The van der Waals surface area contributed by atoms with Crippen LogP contribution in [-0.4, -0.2) is 86.6 Å². The quantitative estimate of drug-likeness (QED) is 0.326. The Morgan fingerprint density at radius 3 is 1.95 bits per heavy atom. The van der Waals surface area contributed by atoms with Gasteiger partial charge in [-0.2, -0.15) is 0 Å². The number of benzene rings is 2. The number of carbonyl (C=O) groups excluding carboxylic acids is 2. The fourth-order valence-electron chi connectivity index (χ4n) is 6.12. The van der Waals surface area contributed by atoms with Gasteiger partial charge in [-0.3, -0.25) is 19.6 Å². The zero-order chi connectivity index (χ0) is 29.6. The number of aliphatic imine (C=N–C) groups is 2. The lowest BCUT2D eigenvalue weighted by molar-refractivity contribution is 0.0758. The van der Waals surface area contributed by atoms with Gasteiger partial charge in [-0.15, -0.1) is 0 Å². The summed E-state index contributed by atoms with van der Waals surface area (Å²) in [5.41, 5.74) is 3.21. The van der Waals surface area contributed by atoms with Gasteiger partial charge in [-0.05, 0) is 30.4 Å². The summed E-state index contributed by atoms with van der Waals surface area (Å²) in [7, 11) is 3.10. The third kappa shape index (κ3) is 5.10. The molecule has 4 heterocycles. The molecule has 2 atom stereocenters. The van der Waals surface area contributed by atoms with Gasteiger partial charge in [0.2, 0.25) is 0 Å². The van der Waals surface area contributed by atoms with Gasteiger partial charge in [-0.1, -0.05) is 26.0 Å². The number of rotatable bonds is 8. The fourth-order valence-corrected chi connectivity index (χ4v) is 6.12. The molecule has 0 N–H and O–H groups in total. The van der Waals surface area contributed by atoms with E-state index in [1.807, 2.05) is 17.3 Å². The maximum absolute atomic E-state index is 13.4. The fraction of sp³-hybridized carbons (Fsp3) is 0.438. The molecule has 0 aliphatic carbocycles. The summed E-state index contributed by atoms with van der Waals surface area (Å²) in [5, 5.41) is 0. The first-order valence-corrected chi connectivity index (χ1v) is 14.2. The molecule has 4 aliphatic heterocycles. The second kappa shape index (κ2) is 10.8. The topological polar surface area (TPSA) is 102 Å². The first-order chi connectivity index (χ1) is 20.2. The molecule has 0 aromatic heterocycles. The lowest BCUT2D eigenvalue weighted by Gasteiger charge is -2.22. The van der Waals surface area contributed by atoms with Gasteiger partial charge in [0.05, 0.1) is 62.0 Å². The van der Waals surface area contributed by atoms with Crippen LogP contribution in [0.15, 0.2) is 46.4 Å². The number of fused-ring (bicyclic) bond motifs is 4. The molecule has 6 rings (SSSR count). The van der Waals surface area contributed by atoms with Gasteiger partial charge >= 0.3 is 0 Å². The molecule has 0 spiro atoms.